The molecule has 12 aromatic rings. The van der Waals surface area contributed by atoms with Crippen molar-refractivity contribution in [2.75, 3.05) is 4.90 Å². The summed E-state index contributed by atoms with van der Waals surface area (Å²) in [7, 11) is 0. The third-order valence-corrected chi connectivity index (χ3v) is 14.0. The lowest BCUT2D eigenvalue weighted by Crippen LogP contribution is -2.28. The summed E-state index contributed by atoms with van der Waals surface area (Å²) in [5, 5.41) is 4.39. The van der Waals surface area contributed by atoms with E-state index in [9.17, 15) is 0 Å². The van der Waals surface area contributed by atoms with Crippen LogP contribution in [-0.2, 0) is 5.41 Å². The van der Waals surface area contributed by atoms with Crippen LogP contribution >= 0.6 is 0 Å². The maximum atomic E-state index is 7.01. The van der Waals surface area contributed by atoms with Crippen molar-refractivity contribution in [3.05, 3.63) is 283 Å². The van der Waals surface area contributed by atoms with E-state index in [-0.39, 0.29) is 0 Å². The van der Waals surface area contributed by atoms with Gasteiger partial charge in [0.1, 0.15) is 11.2 Å². The molecule has 2 nitrogen and oxygen atoms in total. The van der Waals surface area contributed by atoms with Crippen LogP contribution in [0.2, 0.25) is 0 Å². The summed E-state index contributed by atoms with van der Waals surface area (Å²) in [4.78, 5) is 2.49. The van der Waals surface area contributed by atoms with Gasteiger partial charge in [-0.05, 0) is 109 Å². The molecule has 2 heteroatoms. The van der Waals surface area contributed by atoms with Crippen molar-refractivity contribution in [1.82, 2.24) is 0 Å². The average Bonchev–Trinajstić information content (AvgIpc) is 3.94. The van der Waals surface area contributed by atoms with Crippen LogP contribution in [0.1, 0.15) is 22.3 Å². The molecule has 0 N–H and O–H groups in total. The molecule has 1 aliphatic rings. The highest BCUT2D eigenvalue weighted by atomic mass is 16.3. The first-order valence-electron chi connectivity index (χ1n) is 23.1. The Morgan fingerprint density at radius 1 is 0.328 bits per heavy atom. The molecule has 0 amide bonds. The third-order valence-electron chi connectivity index (χ3n) is 14.0. The molecule has 0 unspecified atom stereocenters. The van der Waals surface area contributed by atoms with Crippen molar-refractivity contribution < 1.29 is 4.42 Å². The summed E-state index contributed by atoms with van der Waals surface area (Å²) in [6, 6.07) is 95.1. The van der Waals surface area contributed by atoms with Crippen molar-refractivity contribution in [1.29, 1.82) is 0 Å². The molecule has 0 saturated heterocycles. The van der Waals surface area contributed by atoms with Gasteiger partial charge in [0.25, 0.3) is 0 Å². The van der Waals surface area contributed by atoms with E-state index >= 15 is 0 Å². The van der Waals surface area contributed by atoms with Crippen LogP contribution in [0, 0.1) is 0 Å². The molecule has 0 fully saturated rings. The van der Waals surface area contributed by atoms with E-state index in [2.05, 4.69) is 266 Å². The topological polar surface area (TPSA) is 16.4 Å². The number of fused-ring (bicyclic) bond motifs is 8. The van der Waals surface area contributed by atoms with Gasteiger partial charge in [-0.3, -0.25) is 0 Å². The Bertz CT molecular complexity index is 3720. The molecular weight excluding hydrogens is 811 g/mol. The van der Waals surface area contributed by atoms with Gasteiger partial charge in [0.2, 0.25) is 0 Å². The molecule has 67 heavy (non-hydrogen) atoms. The molecule has 1 aromatic heterocycles. The Labute approximate surface area is 390 Å². The number of rotatable bonds is 8. The highest BCUT2D eigenvalue weighted by Crippen LogP contribution is 2.58. The van der Waals surface area contributed by atoms with Gasteiger partial charge in [0.05, 0.1) is 16.5 Å². The van der Waals surface area contributed by atoms with Crippen LogP contribution in [0.15, 0.2) is 265 Å². The minimum absolute atomic E-state index is 0.573. The quantitative estimate of drug-likeness (QED) is 0.151. The van der Waals surface area contributed by atoms with Crippen LogP contribution in [0.3, 0.4) is 0 Å². The normalized spacial score (nSPS) is 12.6. The zero-order chi connectivity index (χ0) is 44.3. The van der Waals surface area contributed by atoms with E-state index in [1.165, 1.54) is 50.1 Å². The number of hydrogen-bond acceptors (Lipinski definition) is 2. The maximum absolute atomic E-state index is 7.01. The highest BCUT2D eigenvalue weighted by Gasteiger charge is 2.46. The van der Waals surface area contributed by atoms with Crippen LogP contribution < -0.4 is 4.90 Å². The molecule has 0 aliphatic heterocycles. The lowest BCUT2D eigenvalue weighted by molar-refractivity contribution is 0.673. The molecule has 0 spiro atoms. The van der Waals surface area contributed by atoms with E-state index in [1.807, 2.05) is 0 Å². The first kappa shape index (κ1) is 38.7. The van der Waals surface area contributed by atoms with Gasteiger partial charge in [0.15, 0.2) is 0 Å². The number of anilines is 3. The third kappa shape index (κ3) is 6.18. The molecule has 0 atom stereocenters. The molecule has 13 rings (SSSR count). The van der Waals surface area contributed by atoms with Gasteiger partial charge in [-0.2, -0.15) is 0 Å². The molecule has 0 saturated carbocycles. The number of hydrogen-bond donors (Lipinski definition) is 0. The zero-order valence-electron chi connectivity index (χ0n) is 36.7. The number of benzene rings is 11. The van der Waals surface area contributed by atoms with Gasteiger partial charge >= 0.3 is 0 Å². The lowest BCUT2D eigenvalue weighted by atomic mass is 9.67. The van der Waals surface area contributed by atoms with E-state index in [1.54, 1.807) is 0 Å². The van der Waals surface area contributed by atoms with Crippen LogP contribution in [-0.4, -0.2) is 0 Å². The molecule has 1 aliphatic carbocycles. The molecular formula is C65H43NO. The summed E-state index contributed by atoms with van der Waals surface area (Å²) in [5.41, 5.74) is 18.8. The minimum Gasteiger partial charge on any atom is -0.455 e. The second-order valence-corrected chi connectivity index (χ2v) is 17.5. The van der Waals surface area contributed by atoms with Crippen molar-refractivity contribution in [3.8, 4) is 44.5 Å². The lowest BCUT2D eigenvalue weighted by Gasteiger charge is -2.35. The summed E-state index contributed by atoms with van der Waals surface area (Å²) in [6.45, 7) is 0. The Morgan fingerprint density at radius 2 is 0.836 bits per heavy atom. The summed E-state index contributed by atoms with van der Waals surface area (Å²) >= 11 is 0. The monoisotopic (exact) mass is 853 g/mol. The Hall–Kier alpha value is -8.72. The second-order valence-electron chi connectivity index (χ2n) is 17.5. The van der Waals surface area contributed by atoms with Gasteiger partial charge in [-0.25, -0.2) is 0 Å². The SMILES string of the molecule is c1ccc(-c2ccc(-c3ccc4oc5c6ccccc6ccc5c4c3N(c3ccc(-c4ccccc4)cc3)c3ccc4c(c3)C(c3ccccc3)(c3ccccc3)c3ccccc3-4)cc2)cc1. The zero-order valence-corrected chi connectivity index (χ0v) is 36.7. The first-order chi connectivity index (χ1) is 33.2. The largest absolute Gasteiger partial charge is 0.455 e. The predicted octanol–water partition coefficient (Wildman–Crippen LogP) is 17.6. The Morgan fingerprint density at radius 3 is 1.51 bits per heavy atom. The summed E-state index contributed by atoms with van der Waals surface area (Å²) in [6.07, 6.45) is 0. The van der Waals surface area contributed by atoms with E-state index < -0.39 is 5.41 Å². The van der Waals surface area contributed by atoms with Crippen molar-refractivity contribution in [2.24, 2.45) is 0 Å². The fraction of sp³-hybridized carbons (Fsp3) is 0.0154. The number of nitrogens with zero attached hydrogens (tertiary/aromatic N) is 1. The molecule has 0 bridgehead atoms. The first-order valence-corrected chi connectivity index (χ1v) is 23.1. The van der Waals surface area contributed by atoms with Crippen LogP contribution in [0.25, 0.3) is 77.2 Å². The molecule has 314 valence electrons. The van der Waals surface area contributed by atoms with E-state index in [4.69, 9.17) is 4.42 Å². The van der Waals surface area contributed by atoms with Gasteiger partial charge in [-0.1, -0.05) is 218 Å². The maximum Gasteiger partial charge on any atom is 0.143 e. The summed E-state index contributed by atoms with van der Waals surface area (Å²) < 4.78 is 7.01. The fourth-order valence-electron chi connectivity index (χ4n) is 10.9. The Kier molecular flexibility index (Phi) is 9.11. The second kappa shape index (κ2) is 15.8. The molecule has 11 aromatic carbocycles. The highest BCUT2D eigenvalue weighted by molar-refractivity contribution is 6.22. The fourth-order valence-corrected chi connectivity index (χ4v) is 10.9. The smallest absolute Gasteiger partial charge is 0.143 e. The summed E-state index contributed by atoms with van der Waals surface area (Å²) in [5.74, 6) is 0. The van der Waals surface area contributed by atoms with Crippen molar-refractivity contribution in [2.45, 2.75) is 5.41 Å². The van der Waals surface area contributed by atoms with Crippen molar-refractivity contribution >= 4 is 49.8 Å². The van der Waals surface area contributed by atoms with Crippen LogP contribution in [0.5, 0.6) is 0 Å². The average molecular weight is 854 g/mol. The van der Waals surface area contributed by atoms with Crippen LogP contribution in [0.4, 0.5) is 17.1 Å². The van der Waals surface area contributed by atoms with Gasteiger partial charge in [0, 0.05) is 27.7 Å². The minimum atomic E-state index is -0.573. The standard InChI is InChI=1S/C65H43NO/c1-5-17-44(18-6-1)46-29-31-49(32-30-46)54-41-42-61-62(58-39-35-48-21-13-14-26-55(48)64(58)67-61)63(54)66(52-36-33-47(34-37-52)45-19-7-2-8-20-45)53-38-40-57-56-27-15-16-28-59(56)65(60(57)43-53,50-22-9-3-10-23-50)51-24-11-4-12-25-51/h1-43H. The molecule has 1 heterocycles. The predicted molar refractivity (Wildman–Crippen MR) is 280 cm³/mol. The van der Waals surface area contributed by atoms with Crippen molar-refractivity contribution in [3.63, 3.8) is 0 Å². The number of furan rings is 1. The van der Waals surface area contributed by atoms with Gasteiger partial charge < -0.3 is 9.32 Å². The van der Waals surface area contributed by atoms with E-state index in [0.717, 1.165) is 66.5 Å². The van der Waals surface area contributed by atoms with E-state index in [0.29, 0.717) is 0 Å². The molecule has 0 radical (unpaired) electrons. The Balaban J connectivity index is 1.13. The van der Waals surface area contributed by atoms with Gasteiger partial charge in [-0.15, -0.1) is 0 Å².